The fourth-order valence-electron chi connectivity index (χ4n) is 3.87. The Kier molecular flexibility index (Phi) is 4.89. The molecule has 2 aromatic rings. The number of hydrogen-bond acceptors (Lipinski definition) is 7. The Morgan fingerprint density at radius 2 is 1.96 bits per heavy atom. The minimum absolute atomic E-state index is 0.338. The van der Waals surface area contributed by atoms with Crippen molar-refractivity contribution in [1.29, 1.82) is 0 Å². The predicted molar refractivity (Wildman–Crippen MR) is 100 cm³/mol. The maximum absolute atomic E-state index is 11.9. The topological polar surface area (TPSA) is 84.2 Å². The number of carbonyl (C=O) groups excluding carboxylic acids is 1. The van der Waals surface area contributed by atoms with E-state index in [0.717, 1.165) is 19.3 Å². The van der Waals surface area contributed by atoms with E-state index < -0.39 is 35.7 Å². The molecule has 1 aromatic carbocycles. The molecule has 1 fully saturated rings. The first-order valence-corrected chi connectivity index (χ1v) is 9.55. The summed E-state index contributed by atoms with van der Waals surface area (Å²) in [5, 5.41) is 0.714. The van der Waals surface area contributed by atoms with Gasteiger partial charge in [0.2, 0.25) is 0 Å². The van der Waals surface area contributed by atoms with Gasteiger partial charge in [0.05, 0.1) is 5.56 Å². The van der Waals surface area contributed by atoms with Crippen LogP contribution in [0.3, 0.4) is 0 Å². The van der Waals surface area contributed by atoms with E-state index in [1.54, 1.807) is 12.1 Å². The Morgan fingerprint density at radius 3 is 2.68 bits per heavy atom. The van der Waals surface area contributed by atoms with Crippen LogP contribution in [-0.2, 0) is 19.0 Å². The molecule has 28 heavy (non-hydrogen) atoms. The zero-order valence-corrected chi connectivity index (χ0v) is 16.2. The van der Waals surface area contributed by atoms with Gasteiger partial charge in [0.1, 0.15) is 23.0 Å². The summed E-state index contributed by atoms with van der Waals surface area (Å²) in [5.41, 5.74) is -0.438. The highest BCUT2D eigenvalue weighted by Gasteiger charge is 2.49. The first-order chi connectivity index (χ1) is 13.3. The molecular formula is C21H24O7. The zero-order chi connectivity index (χ0) is 19.9. The van der Waals surface area contributed by atoms with Crippen LogP contribution in [0.1, 0.15) is 51.7 Å². The number of esters is 1. The molecule has 0 saturated carbocycles. The van der Waals surface area contributed by atoms with Crippen molar-refractivity contribution in [3.05, 3.63) is 40.2 Å². The van der Waals surface area contributed by atoms with E-state index >= 15 is 0 Å². The number of carbonyl (C=O) groups is 1. The molecule has 0 spiro atoms. The minimum atomic E-state index is -0.795. The van der Waals surface area contributed by atoms with E-state index in [4.69, 9.17) is 23.4 Å². The average Bonchev–Trinajstić information content (AvgIpc) is 2.64. The molecule has 2 aliphatic heterocycles. The van der Waals surface area contributed by atoms with Gasteiger partial charge < -0.3 is 23.4 Å². The van der Waals surface area contributed by atoms with Crippen molar-refractivity contribution >= 4 is 16.9 Å². The third-order valence-electron chi connectivity index (χ3n) is 5.14. The van der Waals surface area contributed by atoms with Crippen molar-refractivity contribution in [2.45, 2.75) is 64.1 Å². The Morgan fingerprint density at radius 1 is 1.18 bits per heavy atom. The molecule has 2 aliphatic rings. The summed E-state index contributed by atoms with van der Waals surface area (Å²) in [6.45, 7) is 5.74. The second-order valence-corrected chi connectivity index (χ2v) is 7.74. The van der Waals surface area contributed by atoms with Gasteiger partial charge in [-0.3, -0.25) is 4.79 Å². The van der Waals surface area contributed by atoms with Crippen LogP contribution >= 0.6 is 0 Å². The lowest BCUT2D eigenvalue weighted by molar-refractivity contribution is -0.249. The Labute approximate surface area is 162 Å². The fraction of sp³-hybridized carbons (Fsp3) is 0.524. The largest absolute Gasteiger partial charge is 0.484 e. The van der Waals surface area contributed by atoms with Crippen molar-refractivity contribution in [3.8, 4) is 5.75 Å². The highest BCUT2D eigenvalue weighted by atomic mass is 16.7. The molecule has 1 aromatic heterocycles. The lowest BCUT2D eigenvalue weighted by atomic mass is 9.87. The van der Waals surface area contributed by atoms with Crippen LogP contribution in [0.4, 0.5) is 0 Å². The number of hydrogen-bond donors (Lipinski definition) is 0. The molecule has 0 bridgehead atoms. The van der Waals surface area contributed by atoms with Gasteiger partial charge in [-0.2, -0.15) is 0 Å². The summed E-state index contributed by atoms with van der Waals surface area (Å²) in [5.74, 6) is 0.0459. The maximum atomic E-state index is 11.9. The van der Waals surface area contributed by atoms with Crippen molar-refractivity contribution < 1.29 is 28.2 Å². The molecule has 3 atom stereocenters. The minimum Gasteiger partial charge on any atom is -0.484 e. The zero-order valence-electron chi connectivity index (χ0n) is 16.2. The van der Waals surface area contributed by atoms with Gasteiger partial charge in [-0.25, -0.2) is 4.79 Å². The van der Waals surface area contributed by atoms with Crippen molar-refractivity contribution in [1.82, 2.24) is 0 Å². The lowest BCUT2D eigenvalue weighted by Crippen LogP contribution is -2.53. The van der Waals surface area contributed by atoms with Gasteiger partial charge in [-0.1, -0.05) is 0 Å². The van der Waals surface area contributed by atoms with E-state index in [1.165, 1.54) is 13.0 Å². The molecule has 150 valence electrons. The van der Waals surface area contributed by atoms with E-state index in [0.29, 0.717) is 28.9 Å². The molecular weight excluding hydrogens is 364 g/mol. The van der Waals surface area contributed by atoms with E-state index in [1.807, 2.05) is 19.9 Å². The van der Waals surface area contributed by atoms with E-state index in [-0.39, 0.29) is 0 Å². The third-order valence-corrected chi connectivity index (χ3v) is 5.14. The number of rotatable bonds is 3. The monoisotopic (exact) mass is 388 g/mol. The third kappa shape index (κ3) is 3.52. The maximum Gasteiger partial charge on any atom is 0.336 e. The molecule has 1 unspecified atom stereocenters. The summed E-state index contributed by atoms with van der Waals surface area (Å²) >= 11 is 0. The molecule has 3 heterocycles. The lowest BCUT2D eigenvalue weighted by Gasteiger charge is -2.45. The Bertz CT molecular complexity index is 939. The second-order valence-electron chi connectivity index (χ2n) is 7.74. The second kappa shape index (κ2) is 7.22. The van der Waals surface area contributed by atoms with Gasteiger partial charge in [-0.15, -0.1) is 0 Å². The van der Waals surface area contributed by atoms with Crippen LogP contribution in [-0.4, -0.2) is 30.6 Å². The predicted octanol–water partition coefficient (Wildman–Crippen LogP) is 3.48. The molecule has 0 N–H and O–H groups in total. The summed E-state index contributed by atoms with van der Waals surface area (Å²) in [7, 11) is 0. The van der Waals surface area contributed by atoms with Crippen LogP contribution in [0.2, 0.25) is 0 Å². The van der Waals surface area contributed by atoms with Crippen LogP contribution in [0.15, 0.2) is 33.5 Å². The standard InChI is InChI=1S/C21H24O7/c1-12(22)25-19-17-14(9-7-13-8-10-15(23)26-18(13)17)28-21(2,3)20(19)27-16-6-4-5-11-24-16/h7-10,16,19-20H,4-6,11H2,1-3H3/t16?,19-,20+/m0/s1. The van der Waals surface area contributed by atoms with Crippen LogP contribution in [0, 0.1) is 0 Å². The van der Waals surface area contributed by atoms with Gasteiger partial charge in [-0.05, 0) is 51.3 Å². The van der Waals surface area contributed by atoms with Gasteiger partial charge in [0.25, 0.3) is 0 Å². The number of ether oxygens (including phenoxy) is 4. The Hall–Kier alpha value is -2.38. The molecule has 0 radical (unpaired) electrons. The molecule has 1 saturated heterocycles. The van der Waals surface area contributed by atoms with Gasteiger partial charge >= 0.3 is 11.6 Å². The van der Waals surface area contributed by atoms with E-state index in [9.17, 15) is 9.59 Å². The molecule has 0 amide bonds. The fourth-order valence-corrected chi connectivity index (χ4v) is 3.87. The summed E-state index contributed by atoms with van der Waals surface area (Å²) in [6, 6.07) is 6.63. The van der Waals surface area contributed by atoms with Crippen LogP contribution < -0.4 is 10.4 Å². The number of fused-ring (bicyclic) bond motifs is 3. The number of benzene rings is 1. The molecule has 7 heteroatoms. The van der Waals surface area contributed by atoms with Gasteiger partial charge in [0.15, 0.2) is 12.4 Å². The first-order valence-electron chi connectivity index (χ1n) is 9.55. The average molecular weight is 388 g/mol. The highest BCUT2D eigenvalue weighted by Crippen LogP contribution is 2.47. The van der Waals surface area contributed by atoms with E-state index in [2.05, 4.69) is 0 Å². The SMILES string of the molecule is CC(=O)O[C@H]1c2c(ccc3ccc(=O)oc23)OC(C)(C)[C@@H]1OC1CCCCO1. The van der Waals surface area contributed by atoms with Crippen molar-refractivity contribution in [2.75, 3.05) is 6.61 Å². The van der Waals surface area contributed by atoms with Gasteiger partial charge in [0, 0.05) is 25.0 Å². The summed E-state index contributed by atoms with van der Waals surface area (Å²) in [6.07, 6.45) is 0.931. The smallest absolute Gasteiger partial charge is 0.336 e. The Balaban J connectivity index is 1.84. The summed E-state index contributed by atoms with van der Waals surface area (Å²) < 4.78 is 29.3. The van der Waals surface area contributed by atoms with Crippen LogP contribution in [0.5, 0.6) is 5.75 Å². The van der Waals surface area contributed by atoms with Crippen molar-refractivity contribution in [3.63, 3.8) is 0 Å². The highest BCUT2D eigenvalue weighted by molar-refractivity contribution is 5.83. The molecule has 7 nitrogen and oxygen atoms in total. The molecule has 4 rings (SSSR count). The molecule has 0 aliphatic carbocycles. The van der Waals surface area contributed by atoms with Crippen molar-refractivity contribution in [2.24, 2.45) is 0 Å². The quantitative estimate of drug-likeness (QED) is 0.588. The van der Waals surface area contributed by atoms with Crippen LogP contribution in [0.25, 0.3) is 11.0 Å². The summed E-state index contributed by atoms with van der Waals surface area (Å²) in [4.78, 5) is 23.8. The normalized spacial score (nSPS) is 26.3. The first kappa shape index (κ1) is 19.0.